The van der Waals surface area contributed by atoms with Gasteiger partial charge in [0.2, 0.25) is 17.7 Å². The van der Waals surface area contributed by atoms with Gasteiger partial charge in [-0.2, -0.15) is 31.6 Å². The topological polar surface area (TPSA) is 216 Å². The Balaban J connectivity index is 0.926. The van der Waals surface area contributed by atoms with Crippen molar-refractivity contribution in [2.75, 3.05) is 36.2 Å². The number of epoxide rings is 1. The molecule has 0 aliphatic carbocycles. The lowest BCUT2D eigenvalue weighted by Gasteiger charge is -2.35. The highest BCUT2D eigenvalue weighted by molar-refractivity contribution is 7.81. The predicted octanol–water partition coefficient (Wildman–Crippen LogP) is 7.83. The number of aromatic nitrogens is 1. The summed E-state index contributed by atoms with van der Waals surface area (Å²) in [6, 6.07) is 9.09. The molecule has 418 valence electrons. The van der Waals surface area contributed by atoms with Crippen LogP contribution in [0.5, 0.6) is 5.75 Å². The van der Waals surface area contributed by atoms with Crippen molar-refractivity contribution < 1.29 is 78.0 Å². The van der Waals surface area contributed by atoms with Crippen LogP contribution in [0.15, 0.2) is 60.8 Å². The quantitative estimate of drug-likeness (QED) is 0.0324. The molecule has 3 aromatic carbocycles. The summed E-state index contributed by atoms with van der Waals surface area (Å²) >= 11 is 5.33. The molecule has 6 atom stereocenters. The van der Waals surface area contributed by atoms with Gasteiger partial charge in [0.1, 0.15) is 36.1 Å². The monoisotopic (exact) mass is 1120 g/mol. The maximum absolute atomic E-state index is 15.5. The molecule has 4 amide bonds. The third-order valence-electron chi connectivity index (χ3n) is 13.3. The zero-order valence-electron chi connectivity index (χ0n) is 42.6. The summed E-state index contributed by atoms with van der Waals surface area (Å²) in [6.45, 7) is 8.70. The number of thiocarbonyl (C=S) groups is 1. The number of carbonyl (C=O) groups excluding carboxylic acids is 4. The summed E-state index contributed by atoms with van der Waals surface area (Å²) in [5.74, 6) is -8.52. The number of aliphatic hydroxyl groups is 1. The van der Waals surface area contributed by atoms with Crippen molar-refractivity contribution in [1.29, 1.82) is 5.26 Å². The number of nitriles is 1. The fraction of sp³-hybridized carbons (Fsp3) is 0.442. The van der Waals surface area contributed by atoms with Crippen LogP contribution in [0.4, 0.5) is 50.9 Å². The van der Waals surface area contributed by atoms with Crippen molar-refractivity contribution >= 4 is 52.3 Å². The fourth-order valence-corrected chi connectivity index (χ4v) is 9.82. The number of nitrogens with two attached hydrogens (primary N) is 1. The standard InChI is InChI=1S/C52H53F9N8O8S/c1-25(26-9-11-27(12-10-26)44(63)72)65-45-42(77-45)36-20-31(70)23-67(36)46(73)43(49(2,3)4)66-37(71)24-75-15-7-8-16-76-41-33(53)17-29(18-34(41)54)40-32(51(56,57)58)19-30(22-64-40)69-48(78)68(47(74)50(69,5)6)35-14-13-28(21-62)38(39(35)55)52(59,60)61/h9-14,17-19,22,25,31,36,42-43,45,65,70H,7-8,15-16,20,23-24H2,1-6H3,(H2,63,72)(H,66,71)/t25-,31+,36-,42?,43+,45?/m0/s1. The largest absolute Gasteiger partial charge is 0.488 e. The Morgan fingerprint density at radius 2 is 1.63 bits per heavy atom. The zero-order chi connectivity index (χ0) is 57.6. The maximum atomic E-state index is 15.5. The Morgan fingerprint density at radius 3 is 2.22 bits per heavy atom. The molecule has 0 radical (unpaired) electrons. The predicted molar refractivity (Wildman–Crippen MR) is 266 cm³/mol. The van der Waals surface area contributed by atoms with Gasteiger partial charge in [0, 0.05) is 30.3 Å². The van der Waals surface area contributed by atoms with E-state index in [9.17, 15) is 55.9 Å². The van der Waals surface area contributed by atoms with Gasteiger partial charge < -0.3 is 40.2 Å². The number of amides is 4. The zero-order valence-corrected chi connectivity index (χ0v) is 43.4. The Labute approximate surface area is 446 Å². The third kappa shape index (κ3) is 12.3. The number of primary amides is 1. The van der Waals surface area contributed by atoms with Gasteiger partial charge in [-0.25, -0.2) is 13.2 Å². The molecule has 0 bridgehead atoms. The summed E-state index contributed by atoms with van der Waals surface area (Å²) in [5.41, 5.74) is -4.08. The molecule has 4 aromatic rings. The fourth-order valence-electron chi connectivity index (χ4n) is 9.31. The van der Waals surface area contributed by atoms with E-state index >= 15 is 13.2 Å². The molecule has 1 aromatic heterocycles. The number of benzene rings is 3. The van der Waals surface area contributed by atoms with E-state index in [1.807, 2.05) is 6.92 Å². The van der Waals surface area contributed by atoms with E-state index in [1.54, 1.807) is 45.0 Å². The molecule has 3 aliphatic rings. The van der Waals surface area contributed by atoms with Gasteiger partial charge in [0.05, 0.1) is 59.2 Å². The second kappa shape index (κ2) is 22.4. The van der Waals surface area contributed by atoms with E-state index in [2.05, 4.69) is 15.6 Å². The third-order valence-corrected chi connectivity index (χ3v) is 13.7. The van der Waals surface area contributed by atoms with Gasteiger partial charge in [0.25, 0.3) is 5.91 Å². The molecule has 0 saturated carbocycles. The van der Waals surface area contributed by atoms with Crippen LogP contribution < -0.4 is 30.9 Å². The second-order valence-corrected chi connectivity index (χ2v) is 20.8. The van der Waals surface area contributed by atoms with Crippen LogP contribution in [0.3, 0.4) is 0 Å². The lowest BCUT2D eigenvalue weighted by atomic mass is 9.85. The first kappa shape index (κ1) is 58.8. The molecule has 26 heteroatoms. The molecular formula is C52H53F9N8O8S. The number of alkyl halides is 6. The van der Waals surface area contributed by atoms with Crippen LogP contribution in [0.2, 0.25) is 0 Å². The lowest BCUT2D eigenvalue weighted by Crippen LogP contribution is -2.57. The number of unbranched alkanes of at least 4 members (excludes halogenated alkanes) is 1. The van der Waals surface area contributed by atoms with Crippen molar-refractivity contribution in [3.05, 3.63) is 106 Å². The van der Waals surface area contributed by atoms with E-state index in [4.69, 9.17) is 32.2 Å². The second-order valence-electron chi connectivity index (χ2n) is 20.4. The minimum absolute atomic E-state index is 0.0159. The summed E-state index contributed by atoms with van der Waals surface area (Å²) < 4.78 is 149. The van der Waals surface area contributed by atoms with Crippen molar-refractivity contribution in [2.24, 2.45) is 11.1 Å². The molecule has 3 aliphatic heterocycles. The van der Waals surface area contributed by atoms with Crippen molar-refractivity contribution in [3.8, 4) is 23.1 Å². The number of nitrogens with zero attached hydrogens (tertiary/aromatic N) is 5. The maximum Gasteiger partial charge on any atom is 0.420 e. The molecule has 4 heterocycles. The van der Waals surface area contributed by atoms with E-state index < -0.39 is 152 Å². The minimum Gasteiger partial charge on any atom is -0.488 e. The smallest absolute Gasteiger partial charge is 0.420 e. The van der Waals surface area contributed by atoms with Crippen LogP contribution in [0.25, 0.3) is 11.3 Å². The number of pyridine rings is 1. The molecule has 2 unspecified atom stereocenters. The SMILES string of the molecule is C[C@H](NC1OC1[C@@H]1C[C@@H](O)CN1C(=O)[C@@H](NC(=O)COCCCCOc1c(F)cc(-c2ncc(N3C(=S)N(c4ccc(C#N)c(C(F)(F)F)c4F)C(=O)C3(C)C)cc2C(F)(F)F)cc1F)C(C)(C)C)c1ccc(C(N)=O)cc1. The van der Waals surface area contributed by atoms with E-state index in [0.717, 1.165) is 30.5 Å². The Kier molecular flexibility index (Phi) is 16.9. The average molecular weight is 1120 g/mol. The van der Waals surface area contributed by atoms with Crippen LogP contribution in [0, 0.1) is 34.2 Å². The van der Waals surface area contributed by atoms with Gasteiger partial charge in [0.15, 0.2) is 28.3 Å². The summed E-state index contributed by atoms with van der Waals surface area (Å²) in [4.78, 5) is 58.8. The van der Waals surface area contributed by atoms with Crippen LogP contribution in [-0.4, -0.2) is 106 Å². The van der Waals surface area contributed by atoms with Crippen molar-refractivity contribution in [2.45, 2.75) is 115 Å². The van der Waals surface area contributed by atoms with Crippen molar-refractivity contribution in [1.82, 2.24) is 20.5 Å². The Hall–Kier alpha value is -6.92. The summed E-state index contributed by atoms with van der Waals surface area (Å²) in [6.07, 6.45) is -11.0. The Morgan fingerprint density at radius 1 is 0.987 bits per heavy atom. The van der Waals surface area contributed by atoms with E-state index in [-0.39, 0.29) is 45.1 Å². The van der Waals surface area contributed by atoms with E-state index in [0.29, 0.717) is 40.8 Å². The van der Waals surface area contributed by atoms with Gasteiger partial charge in [-0.3, -0.25) is 34.4 Å². The molecule has 16 nitrogen and oxygen atoms in total. The molecule has 0 spiro atoms. The van der Waals surface area contributed by atoms with Crippen LogP contribution in [0.1, 0.15) is 99.5 Å². The van der Waals surface area contributed by atoms with Crippen LogP contribution in [-0.2, 0) is 36.2 Å². The van der Waals surface area contributed by atoms with Crippen molar-refractivity contribution in [3.63, 3.8) is 0 Å². The Bertz CT molecular complexity index is 3020. The molecule has 3 fully saturated rings. The highest BCUT2D eigenvalue weighted by Crippen LogP contribution is 2.45. The number of carbonyl (C=O) groups is 4. The van der Waals surface area contributed by atoms with Gasteiger partial charge in [-0.1, -0.05) is 32.9 Å². The number of β-amino-alcohol motifs (C(OH)–C–C–N with tert-alkyl or cyclic N) is 1. The number of aliphatic hydroxyl groups excluding tert-OH is 1. The minimum atomic E-state index is -5.39. The summed E-state index contributed by atoms with van der Waals surface area (Å²) in [7, 11) is 0. The highest BCUT2D eigenvalue weighted by atomic mass is 32.1. The average Bonchev–Trinajstić information content (AvgIpc) is 4.03. The number of ether oxygens (including phenoxy) is 3. The lowest BCUT2D eigenvalue weighted by molar-refractivity contribution is -0.141. The number of halogens is 9. The van der Waals surface area contributed by atoms with Gasteiger partial charge in [-0.15, -0.1) is 0 Å². The number of rotatable bonds is 18. The number of nitrogens with one attached hydrogen (secondary N) is 2. The van der Waals surface area contributed by atoms with Gasteiger partial charge >= 0.3 is 12.4 Å². The molecule has 78 heavy (non-hydrogen) atoms. The number of hydrogen-bond acceptors (Lipinski definition) is 12. The first-order valence-corrected chi connectivity index (χ1v) is 24.6. The number of likely N-dealkylation sites (tertiary alicyclic amines) is 1. The van der Waals surface area contributed by atoms with Crippen LogP contribution >= 0.6 is 12.2 Å². The van der Waals surface area contributed by atoms with E-state index in [1.165, 1.54) is 11.0 Å². The number of hydrogen-bond donors (Lipinski definition) is 4. The first-order chi connectivity index (χ1) is 36.4. The normalized spacial score (nSPS) is 20.2. The first-order valence-electron chi connectivity index (χ1n) is 24.2. The molecule has 5 N–H and O–H groups in total. The molecular weight excluding hydrogens is 1070 g/mol. The highest BCUT2D eigenvalue weighted by Gasteiger charge is 2.55. The molecule has 3 saturated heterocycles. The summed E-state index contributed by atoms with van der Waals surface area (Å²) in [5, 5.41) is 25.1. The van der Waals surface area contributed by atoms with Gasteiger partial charge in [-0.05, 0) is 106 Å². The molecule has 7 rings (SSSR count). The number of anilines is 2.